The SMILES string of the molecule is CCOc1ccc([C@H](C)NC(=O)c2cncc(Br)c2)cc1OCC. The number of amides is 1. The maximum Gasteiger partial charge on any atom is 0.253 e. The number of pyridine rings is 1. The van der Waals surface area contributed by atoms with Gasteiger partial charge < -0.3 is 14.8 Å². The smallest absolute Gasteiger partial charge is 0.253 e. The van der Waals surface area contributed by atoms with Crippen molar-refractivity contribution in [3.05, 3.63) is 52.3 Å². The van der Waals surface area contributed by atoms with Gasteiger partial charge in [0.25, 0.3) is 5.91 Å². The van der Waals surface area contributed by atoms with E-state index in [2.05, 4.69) is 26.2 Å². The van der Waals surface area contributed by atoms with E-state index in [0.717, 1.165) is 10.0 Å². The second kappa shape index (κ2) is 8.68. The van der Waals surface area contributed by atoms with Crippen molar-refractivity contribution in [1.29, 1.82) is 0 Å². The predicted octanol–water partition coefficient (Wildman–Crippen LogP) is 4.13. The van der Waals surface area contributed by atoms with E-state index in [9.17, 15) is 4.79 Å². The minimum absolute atomic E-state index is 0.175. The molecule has 1 N–H and O–H groups in total. The van der Waals surface area contributed by atoms with Gasteiger partial charge in [-0.1, -0.05) is 6.07 Å². The third-order valence-electron chi connectivity index (χ3n) is 3.38. The average Bonchev–Trinajstić information content (AvgIpc) is 2.56. The van der Waals surface area contributed by atoms with Crippen molar-refractivity contribution in [2.24, 2.45) is 0 Å². The third-order valence-corrected chi connectivity index (χ3v) is 3.82. The molecule has 2 rings (SSSR count). The van der Waals surface area contributed by atoms with E-state index in [1.54, 1.807) is 12.3 Å². The highest BCUT2D eigenvalue weighted by atomic mass is 79.9. The minimum Gasteiger partial charge on any atom is -0.490 e. The summed E-state index contributed by atoms with van der Waals surface area (Å²) in [6.45, 7) is 6.90. The summed E-state index contributed by atoms with van der Waals surface area (Å²) >= 11 is 3.32. The van der Waals surface area contributed by atoms with Crippen molar-refractivity contribution in [1.82, 2.24) is 10.3 Å². The van der Waals surface area contributed by atoms with Crippen LogP contribution < -0.4 is 14.8 Å². The molecule has 1 atom stereocenters. The summed E-state index contributed by atoms with van der Waals surface area (Å²) in [5, 5.41) is 2.96. The summed E-state index contributed by atoms with van der Waals surface area (Å²) < 4.78 is 12.0. The minimum atomic E-state index is -0.178. The van der Waals surface area contributed by atoms with E-state index < -0.39 is 0 Å². The van der Waals surface area contributed by atoms with Gasteiger partial charge in [-0.3, -0.25) is 9.78 Å². The molecule has 0 spiro atoms. The molecule has 6 heteroatoms. The Labute approximate surface area is 150 Å². The first-order valence-electron chi connectivity index (χ1n) is 7.86. The molecule has 0 bridgehead atoms. The van der Waals surface area contributed by atoms with Crippen LogP contribution in [0.1, 0.15) is 42.7 Å². The molecule has 5 nitrogen and oxygen atoms in total. The zero-order valence-corrected chi connectivity index (χ0v) is 15.6. The van der Waals surface area contributed by atoms with Crippen molar-refractivity contribution in [3.63, 3.8) is 0 Å². The lowest BCUT2D eigenvalue weighted by atomic mass is 10.1. The van der Waals surface area contributed by atoms with Crippen LogP contribution in [-0.2, 0) is 0 Å². The third kappa shape index (κ3) is 4.71. The maximum atomic E-state index is 12.3. The first kappa shape index (κ1) is 18.3. The number of halogens is 1. The Kier molecular flexibility index (Phi) is 6.61. The van der Waals surface area contributed by atoms with Crippen LogP contribution in [0.5, 0.6) is 11.5 Å². The molecule has 0 unspecified atom stereocenters. The van der Waals surface area contributed by atoms with Gasteiger partial charge in [-0.2, -0.15) is 0 Å². The number of nitrogens with zero attached hydrogens (tertiary/aromatic N) is 1. The summed E-state index contributed by atoms with van der Waals surface area (Å²) in [7, 11) is 0. The van der Waals surface area contributed by atoms with Crippen LogP contribution >= 0.6 is 15.9 Å². The number of carbonyl (C=O) groups excluding carboxylic acids is 1. The van der Waals surface area contributed by atoms with Crippen LogP contribution in [-0.4, -0.2) is 24.1 Å². The Balaban J connectivity index is 2.15. The summed E-state index contributed by atoms with van der Waals surface area (Å²) in [4.78, 5) is 16.3. The number of nitrogens with one attached hydrogen (secondary N) is 1. The summed E-state index contributed by atoms with van der Waals surface area (Å²) in [6.07, 6.45) is 3.18. The molecule has 0 aliphatic heterocycles. The van der Waals surface area contributed by atoms with Crippen molar-refractivity contribution in [2.75, 3.05) is 13.2 Å². The van der Waals surface area contributed by atoms with E-state index in [4.69, 9.17) is 9.47 Å². The standard InChI is InChI=1S/C18H21BrN2O3/c1-4-23-16-7-6-13(9-17(16)24-5-2)12(3)21-18(22)14-8-15(19)11-20-10-14/h6-12H,4-5H2,1-3H3,(H,21,22)/t12-/m0/s1. The lowest BCUT2D eigenvalue weighted by Crippen LogP contribution is -2.26. The molecule has 0 radical (unpaired) electrons. The summed E-state index contributed by atoms with van der Waals surface area (Å²) in [5.41, 5.74) is 1.45. The van der Waals surface area contributed by atoms with Crippen molar-refractivity contribution >= 4 is 21.8 Å². The molecular formula is C18H21BrN2O3. The van der Waals surface area contributed by atoms with Crippen LogP contribution in [0.25, 0.3) is 0 Å². The van der Waals surface area contributed by atoms with Crippen molar-refractivity contribution in [3.8, 4) is 11.5 Å². The molecule has 2 aromatic rings. The molecular weight excluding hydrogens is 372 g/mol. The van der Waals surface area contributed by atoms with E-state index in [0.29, 0.717) is 30.3 Å². The maximum absolute atomic E-state index is 12.3. The lowest BCUT2D eigenvalue weighted by molar-refractivity contribution is 0.0939. The average molecular weight is 393 g/mol. The number of hydrogen-bond donors (Lipinski definition) is 1. The molecule has 0 saturated heterocycles. The van der Waals surface area contributed by atoms with E-state index in [1.807, 2.05) is 39.0 Å². The Hall–Kier alpha value is -2.08. The van der Waals surface area contributed by atoms with E-state index >= 15 is 0 Å². The van der Waals surface area contributed by atoms with Gasteiger partial charge in [0, 0.05) is 16.9 Å². The van der Waals surface area contributed by atoms with E-state index in [-0.39, 0.29) is 11.9 Å². The van der Waals surface area contributed by atoms with Gasteiger partial charge in [0.1, 0.15) is 0 Å². The monoisotopic (exact) mass is 392 g/mol. The summed E-state index contributed by atoms with van der Waals surface area (Å²) in [6, 6.07) is 7.26. The van der Waals surface area contributed by atoms with Gasteiger partial charge in [-0.25, -0.2) is 0 Å². The first-order chi connectivity index (χ1) is 11.5. The number of rotatable bonds is 7. The molecule has 128 valence electrons. The Morgan fingerprint density at radius 1 is 1.17 bits per heavy atom. The number of carbonyl (C=O) groups is 1. The lowest BCUT2D eigenvalue weighted by Gasteiger charge is -2.17. The van der Waals surface area contributed by atoms with Gasteiger partial charge in [0.15, 0.2) is 11.5 Å². The van der Waals surface area contributed by atoms with Crippen LogP contribution in [0.2, 0.25) is 0 Å². The Bertz CT molecular complexity index is 706. The van der Waals surface area contributed by atoms with Crippen LogP contribution in [0.3, 0.4) is 0 Å². The quantitative estimate of drug-likeness (QED) is 0.769. The number of benzene rings is 1. The second-order valence-corrected chi connectivity index (χ2v) is 6.07. The Morgan fingerprint density at radius 3 is 2.54 bits per heavy atom. The van der Waals surface area contributed by atoms with Gasteiger partial charge in [0.05, 0.1) is 24.8 Å². The fourth-order valence-electron chi connectivity index (χ4n) is 2.24. The molecule has 0 saturated carbocycles. The van der Waals surface area contributed by atoms with Gasteiger partial charge in [0.2, 0.25) is 0 Å². The molecule has 1 aromatic heterocycles. The topological polar surface area (TPSA) is 60.5 Å². The van der Waals surface area contributed by atoms with Crippen molar-refractivity contribution in [2.45, 2.75) is 26.8 Å². The number of ether oxygens (including phenoxy) is 2. The number of hydrogen-bond acceptors (Lipinski definition) is 4. The van der Waals surface area contributed by atoms with Crippen LogP contribution in [0, 0.1) is 0 Å². The van der Waals surface area contributed by atoms with Gasteiger partial charge in [-0.15, -0.1) is 0 Å². The second-order valence-electron chi connectivity index (χ2n) is 5.16. The van der Waals surface area contributed by atoms with Crippen molar-refractivity contribution < 1.29 is 14.3 Å². The number of aromatic nitrogens is 1. The van der Waals surface area contributed by atoms with Gasteiger partial charge >= 0.3 is 0 Å². The molecule has 1 amide bonds. The Morgan fingerprint density at radius 2 is 1.88 bits per heavy atom. The highest BCUT2D eigenvalue weighted by Gasteiger charge is 2.14. The fourth-order valence-corrected chi connectivity index (χ4v) is 2.60. The molecule has 1 aromatic carbocycles. The molecule has 1 heterocycles. The zero-order chi connectivity index (χ0) is 17.5. The fraction of sp³-hybridized carbons (Fsp3) is 0.333. The molecule has 0 aliphatic rings. The molecule has 24 heavy (non-hydrogen) atoms. The normalized spacial score (nSPS) is 11.7. The van der Waals surface area contributed by atoms with E-state index in [1.165, 1.54) is 6.20 Å². The zero-order valence-electron chi connectivity index (χ0n) is 14.0. The van der Waals surface area contributed by atoms with Crippen LogP contribution in [0.15, 0.2) is 41.1 Å². The summed E-state index contributed by atoms with van der Waals surface area (Å²) in [5.74, 6) is 1.21. The predicted molar refractivity (Wildman–Crippen MR) is 96.6 cm³/mol. The highest BCUT2D eigenvalue weighted by molar-refractivity contribution is 9.10. The first-order valence-corrected chi connectivity index (χ1v) is 8.65. The van der Waals surface area contributed by atoms with Crippen LogP contribution in [0.4, 0.5) is 0 Å². The molecule has 0 aliphatic carbocycles. The molecule has 0 fully saturated rings. The largest absolute Gasteiger partial charge is 0.490 e. The van der Waals surface area contributed by atoms with Gasteiger partial charge in [-0.05, 0) is 60.5 Å². The highest BCUT2D eigenvalue weighted by Crippen LogP contribution is 2.30.